The van der Waals surface area contributed by atoms with Gasteiger partial charge in [-0.2, -0.15) is 0 Å². The number of carbonyl (C=O) groups excluding carboxylic acids is 1. The van der Waals surface area contributed by atoms with Crippen LogP contribution in [0.25, 0.3) is 0 Å². The predicted molar refractivity (Wildman–Crippen MR) is 84.4 cm³/mol. The quantitative estimate of drug-likeness (QED) is 0.878. The van der Waals surface area contributed by atoms with Crippen molar-refractivity contribution in [1.82, 2.24) is 4.90 Å². The molecule has 0 aliphatic heterocycles. The fourth-order valence-corrected chi connectivity index (χ4v) is 2.83. The zero-order valence-electron chi connectivity index (χ0n) is 11.3. The van der Waals surface area contributed by atoms with E-state index in [1.165, 1.54) is 16.7 Å². The summed E-state index contributed by atoms with van der Waals surface area (Å²) in [5, 5.41) is 0.668. The molecule has 0 saturated heterocycles. The van der Waals surface area contributed by atoms with Crippen LogP contribution >= 0.6 is 23.4 Å². The summed E-state index contributed by atoms with van der Waals surface area (Å²) in [6, 6.07) is 12.8. The summed E-state index contributed by atoms with van der Waals surface area (Å²) in [5.41, 5.74) is 7.21. The number of rotatable bonds is 3. The molecule has 0 aliphatic rings. The molecule has 2 rings (SSSR count). The van der Waals surface area contributed by atoms with Gasteiger partial charge in [-0.25, -0.2) is 0 Å². The van der Waals surface area contributed by atoms with Gasteiger partial charge in [0.25, 0.3) is 5.91 Å². The van der Waals surface area contributed by atoms with Gasteiger partial charge in [0.1, 0.15) is 0 Å². The van der Waals surface area contributed by atoms with E-state index in [0.29, 0.717) is 16.3 Å². The summed E-state index contributed by atoms with van der Waals surface area (Å²) in [5.74, 6) is -0.0500. The van der Waals surface area contributed by atoms with E-state index < -0.39 is 0 Å². The first-order valence-electron chi connectivity index (χ1n) is 6.02. The molecule has 0 spiro atoms. The van der Waals surface area contributed by atoms with Gasteiger partial charge >= 0.3 is 0 Å². The zero-order valence-corrected chi connectivity index (χ0v) is 12.8. The van der Waals surface area contributed by atoms with E-state index in [0.717, 1.165) is 9.79 Å². The smallest absolute Gasteiger partial charge is 0.253 e. The highest BCUT2D eigenvalue weighted by atomic mass is 35.5. The highest BCUT2D eigenvalue weighted by Crippen LogP contribution is 2.36. The number of amides is 1. The van der Waals surface area contributed by atoms with Gasteiger partial charge in [0.05, 0.1) is 5.02 Å². The van der Waals surface area contributed by atoms with Crippen LogP contribution in [0, 0.1) is 0 Å². The van der Waals surface area contributed by atoms with Crippen molar-refractivity contribution < 1.29 is 4.79 Å². The molecule has 0 fully saturated rings. The molecule has 0 aliphatic carbocycles. The lowest BCUT2D eigenvalue weighted by molar-refractivity contribution is 0.0827. The Morgan fingerprint density at radius 2 is 1.85 bits per heavy atom. The second kappa shape index (κ2) is 6.20. The van der Waals surface area contributed by atoms with Crippen molar-refractivity contribution in [3.63, 3.8) is 0 Å². The molecule has 3 nitrogen and oxygen atoms in total. The monoisotopic (exact) mass is 306 g/mol. The summed E-state index contributed by atoms with van der Waals surface area (Å²) >= 11 is 7.60. The number of halogens is 1. The highest BCUT2D eigenvalue weighted by Gasteiger charge is 2.12. The minimum atomic E-state index is -0.0500. The second-order valence-electron chi connectivity index (χ2n) is 4.48. The molecule has 0 aromatic heterocycles. The van der Waals surface area contributed by atoms with E-state index in [-0.39, 0.29) is 5.91 Å². The Morgan fingerprint density at radius 1 is 1.15 bits per heavy atom. The Morgan fingerprint density at radius 3 is 2.50 bits per heavy atom. The van der Waals surface area contributed by atoms with Crippen LogP contribution in [-0.2, 0) is 0 Å². The average molecular weight is 307 g/mol. The Labute approximate surface area is 127 Å². The molecule has 0 radical (unpaired) electrons. The van der Waals surface area contributed by atoms with Crippen molar-refractivity contribution in [1.29, 1.82) is 0 Å². The predicted octanol–water partition coefficient (Wildman–Crippen LogP) is 3.78. The summed E-state index contributed by atoms with van der Waals surface area (Å²) < 4.78 is 0. The minimum absolute atomic E-state index is 0.0500. The van der Waals surface area contributed by atoms with Crippen molar-refractivity contribution in [3.05, 3.63) is 53.1 Å². The molecule has 5 heteroatoms. The number of carbonyl (C=O) groups is 1. The van der Waals surface area contributed by atoms with Gasteiger partial charge in [0.2, 0.25) is 0 Å². The van der Waals surface area contributed by atoms with Gasteiger partial charge in [-0.1, -0.05) is 35.5 Å². The highest BCUT2D eigenvalue weighted by molar-refractivity contribution is 7.99. The summed E-state index contributed by atoms with van der Waals surface area (Å²) in [6.45, 7) is 0. The maximum Gasteiger partial charge on any atom is 0.253 e. The first-order valence-corrected chi connectivity index (χ1v) is 7.22. The number of anilines is 1. The normalized spacial score (nSPS) is 10.3. The molecular weight excluding hydrogens is 292 g/mol. The van der Waals surface area contributed by atoms with Crippen LogP contribution < -0.4 is 5.73 Å². The van der Waals surface area contributed by atoms with Crippen molar-refractivity contribution in [2.45, 2.75) is 9.79 Å². The van der Waals surface area contributed by atoms with E-state index >= 15 is 0 Å². The van der Waals surface area contributed by atoms with Crippen LogP contribution in [0.4, 0.5) is 5.69 Å². The topological polar surface area (TPSA) is 46.3 Å². The lowest BCUT2D eigenvalue weighted by atomic mass is 10.2. The fourth-order valence-electron chi connectivity index (χ4n) is 1.66. The van der Waals surface area contributed by atoms with Gasteiger partial charge in [0.15, 0.2) is 0 Å². The molecule has 2 aromatic carbocycles. The third-order valence-corrected chi connectivity index (χ3v) is 4.31. The van der Waals surface area contributed by atoms with Crippen LogP contribution in [0.15, 0.2) is 52.3 Å². The summed E-state index contributed by atoms with van der Waals surface area (Å²) in [6.07, 6.45) is 0. The van der Waals surface area contributed by atoms with Crippen LogP contribution in [0.3, 0.4) is 0 Å². The number of benzene rings is 2. The lowest BCUT2D eigenvalue weighted by Gasteiger charge is -2.13. The molecule has 0 bridgehead atoms. The van der Waals surface area contributed by atoms with Crippen LogP contribution in [0.5, 0.6) is 0 Å². The number of nitrogens with two attached hydrogens (primary N) is 1. The van der Waals surface area contributed by atoms with E-state index in [9.17, 15) is 4.79 Å². The Balaban J connectivity index is 2.35. The number of nitrogen functional groups attached to an aromatic ring is 1. The van der Waals surface area contributed by atoms with E-state index in [2.05, 4.69) is 0 Å². The van der Waals surface area contributed by atoms with Gasteiger partial charge in [-0.3, -0.25) is 4.79 Å². The van der Waals surface area contributed by atoms with E-state index in [4.69, 9.17) is 17.3 Å². The van der Waals surface area contributed by atoms with Crippen LogP contribution in [-0.4, -0.2) is 24.9 Å². The molecule has 104 valence electrons. The van der Waals surface area contributed by atoms with Gasteiger partial charge in [-0.05, 0) is 30.3 Å². The van der Waals surface area contributed by atoms with Gasteiger partial charge in [0, 0.05) is 35.1 Å². The Hall–Kier alpha value is -1.65. The third-order valence-electron chi connectivity index (χ3n) is 2.72. The molecular formula is C15H15ClN2OS. The molecule has 0 heterocycles. The van der Waals surface area contributed by atoms with Gasteiger partial charge in [-0.15, -0.1) is 0 Å². The molecule has 0 saturated carbocycles. The average Bonchev–Trinajstić information content (AvgIpc) is 2.42. The van der Waals surface area contributed by atoms with Crippen molar-refractivity contribution in [2.24, 2.45) is 0 Å². The fraction of sp³-hybridized carbons (Fsp3) is 0.133. The minimum Gasteiger partial charge on any atom is -0.398 e. The summed E-state index contributed by atoms with van der Waals surface area (Å²) in [4.78, 5) is 15.3. The Bertz CT molecular complexity index is 644. The molecule has 0 atom stereocenters. The van der Waals surface area contributed by atoms with Gasteiger partial charge < -0.3 is 10.6 Å². The third kappa shape index (κ3) is 3.26. The number of hydrogen-bond acceptors (Lipinski definition) is 3. The lowest BCUT2D eigenvalue weighted by Crippen LogP contribution is -2.21. The first kappa shape index (κ1) is 14.8. The first-order chi connectivity index (χ1) is 9.49. The molecule has 0 unspecified atom stereocenters. The second-order valence-corrected chi connectivity index (χ2v) is 5.98. The molecule has 20 heavy (non-hydrogen) atoms. The van der Waals surface area contributed by atoms with Crippen molar-refractivity contribution in [3.8, 4) is 0 Å². The largest absolute Gasteiger partial charge is 0.398 e. The maximum absolute atomic E-state index is 12.0. The number of hydrogen-bond donors (Lipinski definition) is 1. The van der Waals surface area contributed by atoms with Crippen molar-refractivity contribution in [2.75, 3.05) is 19.8 Å². The molecule has 2 N–H and O–H groups in total. The molecule has 2 aromatic rings. The van der Waals surface area contributed by atoms with Crippen molar-refractivity contribution >= 4 is 35.0 Å². The Kier molecular flexibility index (Phi) is 4.57. The van der Waals surface area contributed by atoms with E-state index in [1.807, 2.05) is 24.3 Å². The molecule has 1 amide bonds. The van der Waals surface area contributed by atoms with Crippen LogP contribution in [0.2, 0.25) is 5.02 Å². The standard InChI is InChI=1S/C15H15ClN2OS/c1-18(2)15(19)10-7-8-12(17)14(9-10)20-13-6-4-3-5-11(13)16/h3-9H,17H2,1-2H3. The van der Waals surface area contributed by atoms with E-state index in [1.54, 1.807) is 32.3 Å². The number of nitrogens with zero attached hydrogens (tertiary/aromatic N) is 1. The van der Waals surface area contributed by atoms with Crippen LogP contribution in [0.1, 0.15) is 10.4 Å². The maximum atomic E-state index is 12.0. The summed E-state index contributed by atoms with van der Waals surface area (Å²) in [7, 11) is 3.44. The zero-order chi connectivity index (χ0) is 14.7. The SMILES string of the molecule is CN(C)C(=O)c1ccc(N)c(Sc2ccccc2Cl)c1.